The third kappa shape index (κ3) is 6.18. The predicted molar refractivity (Wildman–Crippen MR) is 118 cm³/mol. The van der Waals surface area contributed by atoms with Gasteiger partial charge in [-0.1, -0.05) is 44.7 Å². The zero-order chi connectivity index (χ0) is 21.4. The lowest BCUT2D eigenvalue weighted by atomic mass is 9.80. The van der Waals surface area contributed by atoms with Crippen LogP contribution in [0.1, 0.15) is 80.6 Å². The quantitative estimate of drug-likeness (QED) is 0.430. The fourth-order valence-electron chi connectivity index (χ4n) is 3.80. The van der Waals surface area contributed by atoms with Crippen molar-refractivity contribution in [3.63, 3.8) is 0 Å². The molecule has 162 valence electrons. The monoisotopic (exact) mass is 411 g/mol. The third-order valence-electron chi connectivity index (χ3n) is 5.83. The molecule has 6 heteroatoms. The van der Waals surface area contributed by atoms with Gasteiger partial charge in [-0.3, -0.25) is 14.4 Å². The molecule has 2 aliphatic rings. The van der Waals surface area contributed by atoms with Gasteiger partial charge in [-0.2, -0.15) is 0 Å². The van der Waals surface area contributed by atoms with E-state index in [-0.39, 0.29) is 17.7 Å². The second-order valence-electron chi connectivity index (χ2n) is 8.44. The Bertz CT molecular complexity index is 775. The molecular formula is C24H33N3O3. The standard InChI is InChI=1S/C24H33N3O3/c1-2-3-17-25-23(30)24(15-5-4-6-16-24)27-21(28)14-9-18-7-10-19(11-8-18)22(29)26-20-12-13-20/h7-11,14,20H,2-6,12-13,15-17H2,1H3,(H,25,30)(H,26,29)(H,27,28)/b14-9+. The van der Waals surface area contributed by atoms with Gasteiger partial charge in [-0.05, 0) is 55.9 Å². The minimum absolute atomic E-state index is 0.0564. The lowest BCUT2D eigenvalue weighted by Gasteiger charge is -2.36. The van der Waals surface area contributed by atoms with E-state index in [0.717, 1.165) is 50.5 Å². The summed E-state index contributed by atoms with van der Waals surface area (Å²) in [6.45, 7) is 2.73. The van der Waals surface area contributed by atoms with Crippen molar-refractivity contribution in [1.29, 1.82) is 0 Å². The van der Waals surface area contributed by atoms with Crippen LogP contribution >= 0.6 is 0 Å². The summed E-state index contributed by atoms with van der Waals surface area (Å²) in [5, 5.41) is 8.94. The summed E-state index contributed by atoms with van der Waals surface area (Å²) in [7, 11) is 0. The number of carbonyl (C=O) groups excluding carboxylic acids is 3. The fourth-order valence-corrected chi connectivity index (χ4v) is 3.80. The highest BCUT2D eigenvalue weighted by Gasteiger charge is 2.40. The molecule has 2 aliphatic carbocycles. The van der Waals surface area contributed by atoms with E-state index in [4.69, 9.17) is 0 Å². The summed E-state index contributed by atoms with van der Waals surface area (Å²) >= 11 is 0. The van der Waals surface area contributed by atoms with Crippen LogP contribution in [-0.4, -0.2) is 35.8 Å². The third-order valence-corrected chi connectivity index (χ3v) is 5.83. The van der Waals surface area contributed by atoms with Crippen molar-refractivity contribution in [2.24, 2.45) is 0 Å². The summed E-state index contributed by atoms with van der Waals surface area (Å²) in [6, 6.07) is 7.49. The summed E-state index contributed by atoms with van der Waals surface area (Å²) in [5.74, 6) is -0.388. The molecule has 0 atom stereocenters. The zero-order valence-electron chi connectivity index (χ0n) is 17.8. The highest BCUT2D eigenvalue weighted by molar-refractivity contribution is 5.98. The van der Waals surface area contributed by atoms with Gasteiger partial charge in [-0.15, -0.1) is 0 Å². The Balaban J connectivity index is 1.58. The minimum Gasteiger partial charge on any atom is -0.354 e. The van der Waals surface area contributed by atoms with E-state index < -0.39 is 5.54 Å². The highest BCUT2D eigenvalue weighted by Crippen LogP contribution is 2.28. The van der Waals surface area contributed by atoms with Crippen molar-refractivity contribution >= 4 is 23.8 Å². The molecule has 0 aliphatic heterocycles. The fraction of sp³-hybridized carbons (Fsp3) is 0.542. The van der Waals surface area contributed by atoms with Crippen LogP contribution in [0, 0.1) is 0 Å². The van der Waals surface area contributed by atoms with Crippen LogP contribution in [0.5, 0.6) is 0 Å². The Labute approximate surface area is 178 Å². The molecule has 30 heavy (non-hydrogen) atoms. The van der Waals surface area contributed by atoms with Crippen LogP contribution in [0.3, 0.4) is 0 Å². The van der Waals surface area contributed by atoms with Crippen LogP contribution in [0.25, 0.3) is 6.08 Å². The van der Waals surface area contributed by atoms with Crippen molar-refractivity contribution in [2.75, 3.05) is 6.54 Å². The van der Waals surface area contributed by atoms with Gasteiger partial charge >= 0.3 is 0 Å². The van der Waals surface area contributed by atoms with E-state index in [2.05, 4.69) is 22.9 Å². The molecule has 3 rings (SSSR count). The Morgan fingerprint density at radius 1 is 1.07 bits per heavy atom. The number of rotatable bonds is 9. The van der Waals surface area contributed by atoms with Gasteiger partial charge in [-0.25, -0.2) is 0 Å². The Kier molecular flexibility index (Phi) is 7.66. The first kappa shape index (κ1) is 22.1. The molecule has 0 bridgehead atoms. The Morgan fingerprint density at radius 3 is 2.40 bits per heavy atom. The highest BCUT2D eigenvalue weighted by atomic mass is 16.2. The Morgan fingerprint density at radius 2 is 1.77 bits per heavy atom. The van der Waals surface area contributed by atoms with Crippen LogP contribution in [-0.2, 0) is 9.59 Å². The average Bonchev–Trinajstić information content (AvgIpc) is 3.57. The zero-order valence-corrected chi connectivity index (χ0v) is 17.8. The summed E-state index contributed by atoms with van der Waals surface area (Å²) in [6.07, 6.45) is 11.6. The largest absolute Gasteiger partial charge is 0.354 e. The van der Waals surface area contributed by atoms with Crippen LogP contribution < -0.4 is 16.0 Å². The number of hydrogen-bond acceptors (Lipinski definition) is 3. The number of amides is 3. The van der Waals surface area contributed by atoms with Crippen molar-refractivity contribution in [1.82, 2.24) is 16.0 Å². The smallest absolute Gasteiger partial charge is 0.251 e. The molecule has 0 heterocycles. The first-order valence-electron chi connectivity index (χ1n) is 11.2. The average molecular weight is 412 g/mol. The maximum Gasteiger partial charge on any atom is 0.251 e. The molecule has 0 unspecified atom stereocenters. The molecular weight excluding hydrogens is 378 g/mol. The molecule has 0 radical (unpaired) electrons. The molecule has 2 saturated carbocycles. The summed E-state index contributed by atoms with van der Waals surface area (Å²) < 4.78 is 0. The van der Waals surface area contributed by atoms with E-state index in [1.54, 1.807) is 18.2 Å². The number of carbonyl (C=O) groups is 3. The molecule has 0 aromatic heterocycles. The normalized spacial score (nSPS) is 18.0. The van der Waals surface area contributed by atoms with Crippen LogP contribution in [0.15, 0.2) is 30.3 Å². The van der Waals surface area contributed by atoms with E-state index in [1.165, 1.54) is 6.08 Å². The molecule has 3 N–H and O–H groups in total. The molecule has 0 spiro atoms. The predicted octanol–water partition coefficient (Wildman–Crippen LogP) is 3.33. The van der Waals surface area contributed by atoms with Crippen molar-refractivity contribution in [3.05, 3.63) is 41.5 Å². The van der Waals surface area contributed by atoms with Gasteiger partial charge in [0, 0.05) is 24.2 Å². The number of nitrogens with one attached hydrogen (secondary N) is 3. The number of benzene rings is 1. The minimum atomic E-state index is -0.807. The van der Waals surface area contributed by atoms with Gasteiger partial charge in [0.1, 0.15) is 5.54 Å². The molecule has 1 aromatic carbocycles. The molecule has 3 amide bonds. The number of hydrogen-bond donors (Lipinski definition) is 3. The van der Waals surface area contributed by atoms with Crippen molar-refractivity contribution in [3.8, 4) is 0 Å². The van der Waals surface area contributed by atoms with Gasteiger partial charge in [0.15, 0.2) is 0 Å². The van der Waals surface area contributed by atoms with Crippen LogP contribution in [0.4, 0.5) is 0 Å². The number of unbranched alkanes of at least 4 members (excludes halogenated alkanes) is 1. The summed E-state index contributed by atoms with van der Waals surface area (Å²) in [4.78, 5) is 37.4. The van der Waals surface area contributed by atoms with Crippen molar-refractivity contribution < 1.29 is 14.4 Å². The van der Waals surface area contributed by atoms with Gasteiger partial charge in [0.05, 0.1) is 0 Å². The molecule has 2 fully saturated rings. The van der Waals surface area contributed by atoms with E-state index in [0.29, 0.717) is 31.0 Å². The van der Waals surface area contributed by atoms with Gasteiger partial charge in [0.2, 0.25) is 11.8 Å². The first-order chi connectivity index (χ1) is 14.5. The van der Waals surface area contributed by atoms with Crippen LogP contribution in [0.2, 0.25) is 0 Å². The molecule has 6 nitrogen and oxygen atoms in total. The topological polar surface area (TPSA) is 87.3 Å². The maximum absolute atomic E-state index is 12.8. The molecule has 0 saturated heterocycles. The maximum atomic E-state index is 12.8. The van der Waals surface area contributed by atoms with E-state index in [1.807, 2.05) is 12.1 Å². The van der Waals surface area contributed by atoms with Crippen molar-refractivity contribution in [2.45, 2.75) is 76.3 Å². The molecule has 1 aromatic rings. The van der Waals surface area contributed by atoms with E-state index >= 15 is 0 Å². The lowest BCUT2D eigenvalue weighted by molar-refractivity contribution is -0.133. The van der Waals surface area contributed by atoms with Gasteiger partial charge < -0.3 is 16.0 Å². The first-order valence-corrected chi connectivity index (χ1v) is 11.2. The lowest BCUT2D eigenvalue weighted by Crippen LogP contribution is -2.59. The second kappa shape index (κ2) is 10.4. The second-order valence-corrected chi connectivity index (χ2v) is 8.44. The Hall–Kier alpha value is -2.63. The summed E-state index contributed by atoms with van der Waals surface area (Å²) in [5.41, 5.74) is 0.643. The van der Waals surface area contributed by atoms with Gasteiger partial charge in [0.25, 0.3) is 5.91 Å². The van der Waals surface area contributed by atoms with E-state index in [9.17, 15) is 14.4 Å². The SMILES string of the molecule is CCCCNC(=O)C1(NC(=O)/C=C/c2ccc(C(=O)NC3CC3)cc2)CCCCC1.